The predicted octanol–water partition coefficient (Wildman–Crippen LogP) is 3.71. The van der Waals surface area contributed by atoms with Crippen LogP contribution in [0.25, 0.3) is 5.69 Å². The molecule has 0 bridgehead atoms. The Morgan fingerprint density at radius 3 is 2.47 bits per heavy atom. The first-order chi connectivity index (χ1) is 14.8. The highest BCUT2D eigenvalue weighted by Gasteiger charge is 2.24. The Morgan fingerprint density at radius 2 is 1.73 bits per heavy atom. The van der Waals surface area contributed by atoms with Crippen molar-refractivity contribution >= 4 is 6.03 Å². The number of nitrogens with one attached hydrogen (secondary N) is 1. The van der Waals surface area contributed by atoms with Gasteiger partial charge in [-0.3, -0.25) is 0 Å². The molecule has 162 valence electrons. The van der Waals surface area contributed by atoms with E-state index in [1.165, 1.54) is 45.3 Å². The molecule has 0 spiro atoms. The van der Waals surface area contributed by atoms with Crippen molar-refractivity contribution in [1.29, 1.82) is 0 Å². The van der Waals surface area contributed by atoms with Gasteiger partial charge < -0.3 is 15.1 Å². The molecule has 0 unspecified atom stereocenters. The number of likely N-dealkylation sites (tertiary alicyclic amines) is 2. The van der Waals surface area contributed by atoms with Crippen molar-refractivity contribution in [3.63, 3.8) is 0 Å². The summed E-state index contributed by atoms with van der Waals surface area (Å²) in [5.41, 5.74) is 2.19. The van der Waals surface area contributed by atoms with Gasteiger partial charge >= 0.3 is 6.03 Å². The Morgan fingerprint density at radius 1 is 1.00 bits per heavy atom. The smallest absolute Gasteiger partial charge is 0.317 e. The van der Waals surface area contributed by atoms with E-state index in [1.54, 1.807) is 0 Å². The van der Waals surface area contributed by atoms with Gasteiger partial charge in [0.2, 0.25) is 0 Å². The number of rotatable bonds is 6. The molecule has 2 saturated heterocycles. The molecule has 30 heavy (non-hydrogen) atoms. The van der Waals surface area contributed by atoms with E-state index in [4.69, 9.17) is 0 Å². The van der Waals surface area contributed by atoms with Crippen molar-refractivity contribution in [2.24, 2.45) is 5.92 Å². The van der Waals surface area contributed by atoms with E-state index >= 15 is 0 Å². The second kappa shape index (κ2) is 10.6. The molecule has 1 aromatic carbocycles. The van der Waals surface area contributed by atoms with E-state index in [9.17, 15) is 4.79 Å². The van der Waals surface area contributed by atoms with Crippen LogP contribution in [-0.2, 0) is 6.42 Å². The van der Waals surface area contributed by atoms with Gasteiger partial charge in [-0.2, -0.15) is 5.10 Å². The number of para-hydroxylation sites is 1. The zero-order valence-corrected chi connectivity index (χ0v) is 18.0. The van der Waals surface area contributed by atoms with E-state index in [1.807, 2.05) is 52.3 Å². The lowest BCUT2D eigenvalue weighted by Crippen LogP contribution is -2.46. The molecule has 4 rings (SSSR count). The lowest BCUT2D eigenvalue weighted by Gasteiger charge is -2.34. The fraction of sp³-hybridized carbons (Fsp3) is 0.583. The average Bonchev–Trinajstić information content (AvgIpc) is 3.11. The minimum atomic E-state index is 0.0821. The third-order valence-electron chi connectivity index (χ3n) is 6.46. The molecule has 1 N–H and O–H groups in total. The first-order valence-corrected chi connectivity index (χ1v) is 11.6. The van der Waals surface area contributed by atoms with E-state index in [0.29, 0.717) is 6.54 Å². The highest BCUT2D eigenvalue weighted by molar-refractivity contribution is 5.74. The van der Waals surface area contributed by atoms with Gasteiger partial charge in [-0.25, -0.2) is 9.48 Å². The molecule has 6 nitrogen and oxygen atoms in total. The maximum Gasteiger partial charge on any atom is 0.317 e. The molecule has 2 aliphatic rings. The van der Waals surface area contributed by atoms with Crippen LogP contribution < -0.4 is 5.32 Å². The third-order valence-corrected chi connectivity index (χ3v) is 6.46. The summed E-state index contributed by atoms with van der Waals surface area (Å²) in [6, 6.07) is 10.2. The molecule has 2 amide bonds. The highest BCUT2D eigenvalue weighted by atomic mass is 16.2. The van der Waals surface area contributed by atoms with E-state index < -0.39 is 0 Å². The Kier molecular flexibility index (Phi) is 7.40. The van der Waals surface area contributed by atoms with Crippen LogP contribution in [-0.4, -0.2) is 64.9 Å². The molecule has 6 heteroatoms. The van der Waals surface area contributed by atoms with E-state index in [-0.39, 0.29) is 6.03 Å². The van der Waals surface area contributed by atoms with Crippen LogP contribution in [0, 0.1) is 5.92 Å². The molecule has 2 aromatic rings. The highest BCUT2D eigenvalue weighted by Crippen LogP contribution is 2.20. The second-order valence-electron chi connectivity index (χ2n) is 8.76. The molecule has 0 aliphatic carbocycles. The first-order valence-electron chi connectivity index (χ1n) is 11.6. The van der Waals surface area contributed by atoms with Gasteiger partial charge in [0.25, 0.3) is 0 Å². The van der Waals surface area contributed by atoms with Gasteiger partial charge in [0.1, 0.15) is 0 Å². The Bertz CT molecular complexity index is 774. The van der Waals surface area contributed by atoms with Crippen molar-refractivity contribution in [1.82, 2.24) is 24.9 Å². The number of hydrogen-bond donors (Lipinski definition) is 1. The molecule has 0 radical (unpaired) electrons. The molecule has 0 saturated carbocycles. The maximum atomic E-state index is 12.5. The van der Waals surface area contributed by atoms with Gasteiger partial charge in [-0.05, 0) is 68.8 Å². The van der Waals surface area contributed by atoms with Crippen LogP contribution in [0.3, 0.4) is 0 Å². The molecular formula is C24H35N5O. The Hall–Kier alpha value is -2.34. The van der Waals surface area contributed by atoms with Crippen LogP contribution >= 0.6 is 0 Å². The van der Waals surface area contributed by atoms with Crippen molar-refractivity contribution in [3.8, 4) is 5.69 Å². The maximum absolute atomic E-state index is 12.5. The molecule has 2 fully saturated rings. The van der Waals surface area contributed by atoms with Gasteiger partial charge in [0.15, 0.2) is 0 Å². The topological polar surface area (TPSA) is 53.4 Å². The Balaban J connectivity index is 1.15. The van der Waals surface area contributed by atoms with Crippen LogP contribution in [0.5, 0.6) is 0 Å². The van der Waals surface area contributed by atoms with Crippen molar-refractivity contribution in [2.45, 2.75) is 44.9 Å². The normalized spacial score (nSPS) is 18.9. The summed E-state index contributed by atoms with van der Waals surface area (Å²) in [5.74, 6) is 0.746. The number of carbonyl (C=O) groups excluding carboxylic acids is 1. The van der Waals surface area contributed by atoms with Gasteiger partial charge in [0.05, 0.1) is 11.9 Å². The van der Waals surface area contributed by atoms with Crippen molar-refractivity contribution in [3.05, 3.63) is 48.3 Å². The first kappa shape index (κ1) is 20.9. The third kappa shape index (κ3) is 5.85. The lowest BCUT2D eigenvalue weighted by atomic mass is 9.96. The number of hydrogen-bond acceptors (Lipinski definition) is 3. The SMILES string of the molecule is O=C(NCCc1cnn(-c2ccccc2)c1)N1CCC(CN2CCCCCC2)CC1. The number of carbonyl (C=O) groups is 1. The standard InChI is InChI=1S/C24H35N5O/c30-24(25-13-10-22-18-26-29(20-22)23-8-4-3-5-9-23)28-16-11-21(12-17-28)19-27-14-6-1-2-7-15-27/h3-5,8-9,18,20-21H,1-2,6-7,10-17,19H2,(H,25,30). The minimum absolute atomic E-state index is 0.0821. The summed E-state index contributed by atoms with van der Waals surface area (Å²) >= 11 is 0. The van der Waals surface area contributed by atoms with Gasteiger partial charge in [0, 0.05) is 32.4 Å². The number of amides is 2. The summed E-state index contributed by atoms with van der Waals surface area (Å²) in [5, 5.41) is 7.52. The number of aromatic nitrogens is 2. The summed E-state index contributed by atoms with van der Waals surface area (Å²) in [4.78, 5) is 17.2. The van der Waals surface area contributed by atoms with Crippen LogP contribution in [0.2, 0.25) is 0 Å². The Labute approximate surface area is 180 Å². The summed E-state index contributed by atoms with van der Waals surface area (Å²) in [7, 11) is 0. The summed E-state index contributed by atoms with van der Waals surface area (Å²) in [6.45, 7) is 6.17. The van der Waals surface area contributed by atoms with E-state index in [2.05, 4.69) is 15.3 Å². The minimum Gasteiger partial charge on any atom is -0.338 e. The quantitative estimate of drug-likeness (QED) is 0.791. The number of nitrogens with zero attached hydrogens (tertiary/aromatic N) is 4. The number of urea groups is 1. The zero-order chi connectivity index (χ0) is 20.6. The summed E-state index contributed by atoms with van der Waals surface area (Å²) in [6.07, 6.45) is 12.5. The lowest BCUT2D eigenvalue weighted by molar-refractivity contribution is 0.148. The summed E-state index contributed by atoms with van der Waals surface area (Å²) < 4.78 is 1.88. The molecule has 2 aliphatic heterocycles. The fourth-order valence-corrected chi connectivity index (χ4v) is 4.64. The average molecular weight is 410 g/mol. The fourth-order valence-electron chi connectivity index (χ4n) is 4.64. The second-order valence-corrected chi connectivity index (χ2v) is 8.76. The number of benzene rings is 1. The van der Waals surface area contributed by atoms with Crippen LogP contribution in [0.15, 0.2) is 42.7 Å². The zero-order valence-electron chi connectivity index (χ0n) is 18.0. The molecule has 0 atom stereocenters. The monoisotopic (exact) mass is 409 g/mol. The number of piperidine rings is 1. The van der Waals surface area contributed by atoms with Crippen molar-refractivity contribution in [2.75, 3.05) is 39.3 Å². The molecule has 3 heterocycles. The molecular weight excluding hydrogens is 374 g/mol. The largest absolute Gasteiger partial charge is 0.338 e. The van der Waals surface area contributed by atoms with E-state index in [0.717, 1.165) is 49.5 Å². The molecule has 1 aromatic heterocycles. The van der Waals surface area contributed by atoms with Gasteiger partial charge in [-0.15, -0.1) is 0 Å². The van der Waals surface area contributed by atoms with Crippen LogP contribution in [0.4, 0.5) is 4.79 Å². The van der Waals surface area contributed by atoms with Gasteiger partial charge in [-0.1, -0.05) is 31.0 Å². The van der Waals surface area contributed by atoms with Crippen molar-refractivity contribution < 1.29 is 4.79 Å². The predicted molar refractivity (Wildman–Crippen MR) is 120 cm³/mol. The van der Waals surface area contributed by atoms with Crippen LogP contribution in [0.1, 0.15) is 44.1 Å².